The summed E-state index contributed by atoms with van der Waals surface area (Å²) in [5.74, 6) is -0.538. The molecule has 3 nitrogen and oxygen atoms in total. The van der Waals surface area contributed by atoms with E-state index in [1.54, 1.807) is 4.90 Å². The maximum absolute atomic E-state index is 13.3. The fraction of sp³-hybridized carbons (Fsp3) is 0.625. The van der Waals surface area contributed by atoms with E-state index in [4.69, 9.17) is 0 Å². The van der Waals surface area contributed by atoms with E-state index in [9.17, 15) is 30.7 Å². The number of ether oxygens (including phenoxy) is 1. The van der Waals surface area contributed by atoms with Gasteiger partial charge in [-0.3, -0.25) is 4.90 Å². The normalized spacial score (nSPS) is 18.2. The van der Waals surface area contributed by atoms with Crippen molar-refractivity contribution in [2.45, 2.75) is 37.6 Å². The summed E-state index contributed by atoms with van der Waals surface area (Å²) in [6, 6.07) is 4.28. The minimum atomic E-state index is -4.73. The molecule has 10 heteroatoms. The number of alkyl halides is 7. The Kier molecular flexibility index (Phi) is 6.73. The van der Waals surface area contributed by atoms with Crippen LogP contribution in [0.2, 0.25) is 0 Å². The average Bonchev–Trinajstić information content (AvgIpc) is 2.56. The summed E-state index contributed by atoms with van der Waals surface area (Å²) in [5.41, 5.74) is 0.0407. The lowest BCUT2D eigenvalue weighted by Gasteiger charge is -2.36. The van der Waals surface area contributed by atoms with Gasteiger partial charge in [-0.1, -0.05) is 18.2 Å². The number of benzene rings is 1. The smallest absolute Gasteiger partial charge is 0.428 e. The monoisotopic (exact) mass is 388 g/mol. The van der Waals surface area contributed by atoms with Gasteiger partial charge in [0.15, 0.2) is 0 Å². The second-order valence-corrected chi connectivity index (χ2v) is 5.96. The highest BCUT2D eigenvalue weighted by Crippen LogP contribution is 2.38. The Morgan fingerprint density at radius 2 is 1.65 bits per heavy atom. The van der Waals surface area contributed by atoms with Gasteiger partial charge in [-0.25, -0.2) is 0 Å². The van der Waals surface area contributed by atoms with Gasteiger partial charge in [0, 0.05) is 44.2 Å². The first kappa shape index (κ1) is 20.8. The van der Waals surface area contributed by atoms with Crippen LogP contribution in [0.25, 0.3) is 0 Å². The molecule has 1 aliphatic heterocycles. The van der Waals surface area contributed by atoms with Crippen LogP contribution in [0.1, 0.15) is 24.4 Å². The van der Waals surface area contributed by atoms with Gasteiger partial charge in [-0.2, -0.15) is 30.7 Å². The Hall–Kier alpha value is -1.55. The molecule has 0 bridgehead atoms. The number of hydrogen-bond acceptors (Lipinski definition) is 3. The standard InChI is InChI=1S/C16H19F7N2O/c17-14(18)16(22,23)26-13-4-2-1-3-11(13)12(5-6-15(19,20)21)25-9-7-24-8-10-25/h1-4,12,14,24H,5-10H2/t12-/m1/s1. The Bertz CT molecular complexity index is 574. The van der Waals surface area contributed by atoms with Crippen molar-refractivity contribution in [2.24, 2.45) is 0 Å². The van der Waals surface area contributed by atoms with Crippen molar-refractivity contribution >= 4 is 0 Å². The maximum atomic E-state index is 13.3. The zero-order chi connectivity index (χ0) is 19.4. The Morgan fingerprint density at radius 3 is 2.23 bits per heavy atom. The molecule has 1 aliphatic rings. The number of hydrogen-bond donors (Lipinski definition) is 1. The summed E-state index contributed by atoms with van der Waals surface area (Å²) >= 11 is 0. The highest BCUT2D eigenvalue weighted by Gasteiger charge is 2.45. The van der Waals surface area contributed by atoms with E-state index in [1.807, 2.05) is 0 Å². The van der Waals surface area contributed by atoms with Crippen LogP contribution in [-0.2, 0) is 0 Å². The largest absolute Gasteiger partial charge is 0.461 e. The van der Waals surface area contributed by atoms with Crippen LogP contribution in [0.5, 0.6) is 5.75 Å². The van der Waals surface area contributed by atoms with Gasteiger partial charge >= 0.3 is 18.7 Å². The molecule has 148 valence electrons. The lowest BCUT2D eigenvalue weighted by molar-refractivity contribution is -0.253. The minimum absolute atomic E-state index is 0.0407. The molecule has 1 aromatic rings. The molecule has 1 heterocycles. The highest BCUT2D eigenvalue weighted by atomic mass is 19.4. The van der Waals surface area contributed by atoms with Crippen molar-refractivity contribution in [3.05, 3.63) is 29.8 Å². The highest BCUT2D eigenvalue weighted by molar-refractivity contribution is 5.36. The average molecular weight is 388 g/mol. The predicted molar refractivity (Wildman–Crippen MR) is 80.5 cm³/mol. The summed E-state index contributed by atoms with van der Waals surface area (Å²) in [4.78, 5) is 1.71. The summed E-state index contributed by atoms with van der Waals surface area (Å²) < 4.78 is 93.8. The molecule has 0 amide bonds. The van der Waals surface area contributed by atoms with Crippen LogP contribution in [-0.4, -0.2) is 49.8 Å². The van der Waals surface area contributed by atoms with Gasteiger partial charge in [0.25, 0.3) is 0 Å². The van der Waals surface area contributed by atoms with Crippen LogP contribution in [0.4, 0.5) is 30.7 Å². The molecule has 0 aliphatic carbocycles. The van der Waals surface area contributed by atoms with Gasteiger partial charge in [0.2, 0.25) is 0 Å². The van der Waals surface area contributed by atoms with Crippen molar-refractivity contribution in [3.63, 3.8) is 0 Å². The molecule has 1 atom stereocenters. The molecule has 2 rings (SSSR count). The molecule has 1 saturated heterocycles. The molecule has 0 saturated carbocycles. The van der Waals surface area contributed by atoms with Crippen LogP contribution >= 0.6 is 0 Å². The maximum Gasteiger partial charge on any atom is 0.461 e. The molecule has 1 fully saturated rings. The number of piperazine rings is 1. The summed E-state index contributed by atoms with van der Waals surface area (Å²) in [5, 5.41) is 3.05. The quantitative estimate of drug-likeness (QED) is 0.709. The second-order valence-electron chi connectivity index (χ2n) is 5.96. The molecular weight excluding hydrogens is 369 g/mol. The Balaban J connectivity index is 2.31. The summed E-state index contributed by atoms with van der Waals surface area (Å²) in [6.07, 6.45) is -14.7. The lowest BCUT2D eigenvalue weighted by atomic mass is 9.98. The van der Waals surface area contributed by atoms with Gasteiger partial charge < -0.3 is 10.1 Å². The van der Waals surface area contributed by atoms with Crippen LogP contribution < -0.4 is 10.1 Å². The molecule has 0 unspecified atom stereocenters. The van der Waals surface area contributed by atoms with Gasteiger partial charge in [0.05, 0.1) is 0 Å². The van der Waals surface area contributed by atoms with Crippen molar-refractivity contribution in [1.29, 1.82) is 0 Å². The summed E-state index contributed by atoms with van der Waals surface area (Å²) in [6.45, 7) is 1.86. The molecule has 0 spiro atoms. The zero-order valence-corrected chi connectivity index (χ0v) is 13.7. The number of nitrogens with one attached hydrogen (secondary N) is 1. The Labute approximate surface area is 146 Å². The van der Waals surface area contributed by atoms with Crippen LogP contribution in [0.3, 0.4) is 0 Å². The van der Waals surface area contributed by atoms with E-state index in [2.05, 4.69) is 10.1 Å². The fourth-order valence-electron chi connectivity index (χ4n) is 2.87. The molecule has 0 aromatic heterocycles. The van der Waals surface area contributed by atoms with Crippen molar-refractivity contribution in [3.8, 4) is 5.75 Å². The van der Waals surface area contributed by atoms with E-state index >= 15 is 0 Å². The molecule has 0 radical (unpaired) electrons. The van der Waals surface area contributed by atoms with E-state index in [0.29, 0.717) is 26.2 Å². The first-order valence-electron chi connectivity index (χ1n) is 8.05. The first-order valence-corrected chi connectivity index (χ1v) is 8.05. The second kappa shape index (κ2) is 8.43. The minimum Gasteiger partial charge on any atom is -0.428 e. The number of halogens is 7. The van der Waals surface area contributed by atoms with Gasteiger partial charge in [0.1, 0.15) is 5.75 Å². The molecule has 1 N–H and O–H groups in total. The van der Waals surface area contributed by atoms with Gasteiger partial charge in [-0.15, -0.1) is 0 Å². The predicted octanol–water partition coefficient (Wildman–Crippen LogP) is 4.21. The van der Waals surface area contributed by atoms with E-state index in [-0.39, 0.29) is 12.0 Å². The topological polar surface area (TPSA) is 24.5 Å². The van der Waals surface area contributed by atoms with Crippen molar-refractivity contribution in [1.82, 2.24) is 10.2 Å². The molecule has 26 heavy (non-hydrogen) atoms. The third kappa shape index (κ3) is 5.73. The first-order chi connectivity index (χ1) is 12.1. The molecular formula is C16H19F7N2O. The third-order valence-corrected chi connectivity index (χ3v) is 4.07. The SMILES string of the molecule is FC(F)C(F)(F)Oc1ccccc1[C@@H](CCC(F)(F)F)N1CCNCC1. The zero-order valence-electron chi connectivity index (χ0n) is 13.7. The van der Waals surface area contributed by atoms with Crippen LogP contribution in [0.15, 0.2) is 24.3 Å². The fourth-order valence-corrected chi connectivity index (χ4v) is 2.87. The number of rotatable bonds is 7. The third-order valence-electron chi connectivity index (χ3n) is 4.07. The van der Waals surface area contributed by atoms with Crippen molar-refractivity contribution < 1.29 is 35.5 Å². The van der Waals surface area contributed by atoms with Crippen LogP contribution in [0, 0.1) is 0 Å². The number of nitrogens with zero attached hydrogens (tertiary/aromatic N) is 1. The van der Waals surface area contributed by atoms with Gasteiger partial charge in [-0.05, 0) is 12.5 Å². The van der Waals surface area contributed by atoms with Crippen molar-refractivity contribution in [2.75, 3.05) is 26.2 Å². The number of para-hydroxylation sites is 1. The Morgan fingerprint density at radius 1 is 1.04 bits per heavy atom. The van der Waals surface area contributed by atoms with E-state index < -0.39 is 36.9 Å². The summed E-state index contributed by atoms with van der Waals surface area (Å²) in [7, 11) is 0. The lowest BCUT2D eigenvalue weighted by Crippen LogP contribution is -2.45. The van der Waals surface area contributed by atoms with E-state index in [0.717, 1.165) is 6.07 Å². The molecule has 1 aromatic carbocycles. The van der Waals surface area contributed by atoms with E-state index in [1.165, 1.54) is 18.2 Å².